The number of halogens is 2. The van der Waals surface area contributed by atoms with Crippen LogP contribution in [-0.4, -0.2) is 65.3 Å². The van der Waals surface area contributed by atoms with Gasteiger partial charge in [-0.15, -0.1) is 0 Å². The normalized spacial score (nSPS) is 20.5. The van der Waals surface area contributed by atoms with Crippen molar-refractivity contribution in [1.29, 1.82) is 0 Å². The highest BCUT2D eigenvalue weighted by Crippen LogP contribution is 2.23. The fourth-order valence-electron chi connectivity index (χ4n) is 4.30. The van der Waals surface area contributed by atoms with Gasteiger partial charge in [-0.1, -0.05) is 48.0 Å². The molecule has 2 amide bonds. The predicted molar refractivity (Wildman–Crippen MR) is 114 cm³/mol. The van der Waals surface area contributed by atoms with Crippen molar-refractivity contribution in [3.8, 4) is 0 Å². The summed E-state index contributed by atoms with van der Waals surface area (Å²) in [5.74, 6) is -0.869. The summed E-state index contributed by atoms with van der Waals surface area (Å²) in [4.78, 5) is 31.5. The van der Waals surface area contributed by atoms with Gasteiger partial charge in [-0.2, -0.15) is 0 Å². The average Bonchev–Trinajstić information content (AvgIpc) is 2.77. The van der Waals surface area contributed by atoms with Crippen molar-refractivity contribution in [2.24, 2.45) is 0 Å². The Bertz CT molecular complexity index is 916. The molecule has 1 unspecified atom stereocenters. The molecule has 2 aromatic carbocycles. The lowest BCUT2D eigenvalue weighted by molar-refractivity contribution is -0.141. The number of likely N-dealkylation sites (tertiary alicyclic amines) is 1. The van der Waals surface area contributed by atoms with Crippen LogP contribution in [0.1, 0.15) is 28.8 Å². The van der Waals surface area contributed by atoms with Crippen LogP contribution in [0.25, 0.3) is 0 Å². The van der Waals surface area contributed by atoms with E-state index in [-0.39, 0.29) is 28.4 Å². The minimum Gasteiger partial charge on any atom is -0.337 e. The van der Waals surface area contributed by atoms with Crippen LogP contribution in [0.4, 0.5) is 4.39 Å². The summed E-state index contributed by atoms with van der Waals surface area (Å²) in [7, 11) is 0. The number of carbonyl (C=O) groups is 2. The van der Waals surface area contributed by atoms with Gasteiger partial charge in [0.2, 0.25) is 5.91 Å². The molecule has 0 bridgehead atoms. The molecule has 0 aromatic heterocycles. The lowest BCUT2D eigenvalue weighted by Crippen LogP contribution is -2.58. The van der Waals surface area contributed by atoms with Gasteiger partial charge in [0.15, 0.2) is 5.82 Å². The molecule has 5 nitrogen and oxygen atoms in total. The molecule has 0 N–H and O–H groups in total. The number of amides is 2. The van der Waals surface area contributed by atoms with E-state index in [0.717, 1.165) is 24.9 Å². The van der Waals surface area contributed by atoms with Crippen LogP contribution in [-0.2, 0) is 11.3 Å². The van der Waals surface area contributed by atoms with Gasteiger partial charge in [-0.3, -0.25) is 14.5 Å². The van der Waals surface area contributed by atoms with E-state index in [1.807, 2.05) is 35.2 Å². The molecular weight excluding hydrogens is 405 g/mol. The molecule has 158 valence electrons. The van der Waals surface area contributed by atoms with Crippen LogP contribution in [0.5, 0.6) is 0 Å². The van der Waals surface area contributed by atoms with Crippen LogP contribution in [0, 0.1) is 5.82 Å². The molecule has 0 saturated carbocycles. The maximum Gasteiger partial charge on any atom is 0.256 e. The fourth-order valence-corrected chi connectivity index (χ4v) is 4.47. The second kappa shape index (κ2) is 9.14. The zero-order valence-corrected chi connectivity index (χ0v) is 17.5. The number of rotatable bonds is 4. The Balaban J connectivity index is 1.37. The van der Waals surface area contributed by atoms with Gasteiger partial charge in [0, 0.05) is 39.3 Å². The monoisotopic (exact) mass is 429 g/mol. The SMILES string of the molecule is O=C(c1cccc(Cl)c1F)N1CCN(C2CCCN(Cc3ccccc3)C2=O)CC1. The van der Waals surface area contributed by atoms with Gasteiger partial charge in [0.25, 0.3) is 5.91 Å². The predicted octanol–water partition coefficient (Wildman–Crippen LogP) is 3.43. The van der Waals surface area contributed by atoms with Gasteiger partial charge >= 0.3 is 0 Å². The Labute approximate surface area is 181 Å². The first-order valence-corrected chi connectivity index (χ1v) is 10.7. The third-order valence-corrected chi connectivity index (χ3v) is 6.23. The first-order valence-electron chi connectivity index (χ1n) is 10.3. The Hall–Kier alpha value is -2.44. The fraction of sp³-hybridized carbons (Fsp3) is 0.391. The van der Waals surface area contributed by atoms with Gasteiger partial charge in [-0.05, 0) is 30.5 Å². The third kappa shape index (κ3) is 4.35. The van der Waals surface area contributed by atoms with Crippen molar-refractivity contribution in [2.75, 3.05) is 32.7 Å². The molecule has 7 heteroatoms. The Morgan fingerprint density at radius 3 is 2.47 bits per heavy atom. The summed E-state index contributed by atoms with van der Waals surface area (Å²) in [6.45, 7) is 3.53. The standard InChI is InChI=1S/C23H25ClFN3O2/c24-19-9-4-8-18(21(19)25)22(29)27-14-12-26(13-15-27)20-10-5-11-28(23(20)30)16-17-6-2-1-3-7-17/h1-4,6-9,20H,5,10-16H2. The first kappa shape index (κ1) is 20.8. The summed E-state index contributed by atoms with van der Waals surface area (Å²) in [6.07, 6.45) is 1.80. The van der Waals surface area contributed by atoms with E-state index >= 15 is 0 Å². The molecule has 0 radical (unpaired) electrons. The lowest BCUT2D eigenvalue weighted by atomic mass is 10.0. The van der Waals surface area contributed by atoms with Crippen LogP contribution in [0.15, 0.2) is 48.5 Å². The van der Waals surface area contributed by atoms with Crippen molar-refractivity contribution < 1.29 is 14.0 Å². The van der Waals surface area contributed by atoms with Crippen molar-refractivity contribution >= 4 is 23.4 Å². The molecule has 30 heavy (non-hydrogen) atoms. The topological polar surface area (TPSA) is 43.9 Å². The number of piperidine rings is 1. The molecule has 1 atom stereocenters. The highest BCUT2D eigenvalue weighted by molar-refractivity contribution is 6.31. The first-order chi connectivity index (χ1) is 14.5. The Morgan fingerprint density at radius 2 is 1.73 bits per heavy atom. The highest BCUT2D eigenvalue weighted by atomic mass is 35.5. The number of nitrogens with zero attached hydrogens (tertiary/aromatic N) is 3. The summed E-state index contributed by atoms with van der Waals surface area (Å²) >= 11 is 5.81. The molecule has 2 saturated heterocycles. The van der Waals surface area contributed by atoms with Crippen molar-refractivity contribution in [3.05, 3.63) is 70.5 Å². The summed E-state index contributed by atoms with van der Waals surface area (Å²) in [5, 5.41) is -0.0502. The smallest absolute Gasteiger partial charge is 0.256 e. The minimum absolute atomic E-state index is 0.00118. The van der Waals surface area contributed by atoms with E-state index in [1.165, 1.54) is 12.1 Å². The third-order valence-electron chi connectivity index (χ3n) is 5.94. The van der Waals surface area contributed by atoms with E-state index < -0.39 is 5.82 Å². The van der Waals surface area contributed by atoms with E-state index in [1.54, 1.807) is 11.0 Å². The van der Waals surface area contributed by atoms with Crippen molar-refractivity contribution in [2.45, 2.75) is 25.4 Å². The van der Waals surface area contributed by atoms with Gasteiger partial charge in [0.05, 0.1) is 16.6 Å². The molecular formula is C23H25ClFN3O2. The molecule has 0 spiro atoms. The Kier molecular flexibility index (Phi) is 6.35. The largest absolute Gasteiger partial charge is 0.337 e. The number of benzene rings is 2. The average molecular weight is 430 g/mol. The Morgan fingerprint density at radius 1 is 1.00 bits per heavy atom. The number of carbonyl (C=O) groups excluding carboxylic acids is 2. The second-order valence-electron chi connectivity index (χ2n) is 7.83. The molecule has 2 aliphatic rings. The lowest BCUT2D eigenvalue weighted by Gasteiger charge is -2.42. The summed E-state index contributed by atoms with van der Waals surface area (Å²) in [6, 6.07) is 14.3. The highest BCUT2D eigenvalue weighted by Gasteiger charge is 2.35. The van der Waals surface area contributed by atoms with Crippen LogP contribution in [0.2, 0.25) is 5.02 Å². The zero-order chi connectivity index (χ0) is 21.1. The second-order valence-corrected chi connectivity index (χ2v) is 8.24. The van der Waals surface area contributed by atoms with E-state index in [2.05, 4.69) is 4.90 Å². The number of piperazine rings is 1. The zero-order valence-electron chi connectivity index (χ0n) is 16.8. The van der Waals surface area contributed by atoms with Crippen LogP contribution in [0.3, 0.4) is 0 Å². The molecule has 2 aliphatic heterocycles. The van der Waals surface area contributed by atoms with Gasteiger partial charge < -0.3 is 9.80 Å². The van der Waals surface area contributed by atoms with Crippen molar-refractivity contribution in [3.63, 3.8) is 0 Å². The maximum atomic E-state index is 14.2. The summed E-state index contributed by atoms with van der Waals surface area (Å²) in [5.41, 5.74) is 1.13. The molecule has 2 aromatic rings. The van der Waals surface area contributed by atoms with Crippen molar-refractivity contribution in [1.82, 2.24) is 14.7 Å². The van der Waals surface area contributed by atoms with Gasteiger partial charge in [-0.25, -0.2) is 4.39 Å². The molecule has 2 heterocycles. The van der Waals surface area contributed by atoms with E-state index in [4.69, 9.17) is 11.6 Å². The van der Waals surface area contributed by atoms with Crippen LogP contribution >= 0.6 is 11.6 Å². The number of hydrogen-bond acceptors (Lipinski definition) is 3. The molecule has 2 fully saturated rings. The minimum atomic E-state index is -0.675. The number of hydrogen-bond donors (Lipinski definition) is 0. The summed E-state index contributed by atoms with van der Waals surface area (Å²) < 4.78 is 14.2. The van der Waals surface area contributed by atoms with E-state index in [9.17, 15) is 14.0 Å². The quantitative estimate of drug-likeness (QED) is 0.748. The van der Waals surface area contributed by atoms with Crippen LogP contribution < -0.4 is 0 Å². The van der Waals surface area contributed by atoms with E-state index in [0.29, 0.717) is 32.7 Å². The maximum absolute atomic E-state index is 14.2. The molecule has 4 rings (SSSR count). The molecule has 0 aliphatic carbocycles. The van der Waals surface area contributed by atoms with Gasteiger partial charge in [0.1, 0.15) is 0 Å².